The SMILES string of the molecule is Cc1nc([C@@H]2CCCN(C(=O)C3(c4cccc(F)c4)CCOCC3)C2)ncc1C(N)=O. The molecule has 8 heteroatoms. The van der Waals surface area contributed by atoms with Gasteiger partial charge in [0.15, 0.2) is 0 Å². The first-order valence-corrected chi connectivity index (χ1v) is 10.7. The first kappa shape index (κ1) is 21.4. The van der Waals surface area contributed by atoms with Gasteiger partial charge in [-0.25, -0.2) is 14.4 Å². The maximum Gasteiger partial charge on any atom is 0.252 e. The molecule has 0 unspecified atom stereocenters. The Balaban J connectivity index is 1.60. The normalized spacial score (nSPS) is 21.0. The van der Waals surface area contributed by atoms with Crippen LogP contribution in [-0.4, -0.2) is 53.0 Å². The standard InChI is InChI=1S/C23H27FN4O3/c1-15-19(20(25)29)13-26-21(27-15)16-4-3-9-28(14-16)22(30)23(7-10-31-11-8-23)17-5-2-6-18(24)12-17/h2,5-6,12-13,16H,3-4,7-11,14H2,1H3,(H2,25,29)/t16-/m1/s1. The first-order valence-electron chi connectivity index (χ1n) is 10.7. The van der Waals surface area contributed by atoms with Crippen molar-refractivity contribution >= 4 is 11.8 Å². The average Bonchev–Trinajstić information content (AvgIpc) is 2.79. The Morgan fingerprint density at radius 1 is 1.29 bits per heavy atom. The van der Waals surface area contributed by atoms with E-state index in [1.54, 1.807) is 13.0 Å². The lowest BCUT2D eigenvalue weighted by atomic mass is 9.72. The minimum Gasteiger partial charge on any atom is -0.381 e. The maximum absolute atomic E-state index is 14.0. The number of nitrogens with zero attached hydrogens (tertiary/aromatic N) is 3. The molecule has 0 aliphatic carbocycles. The Labute approximate surface area is 180 Å². The number of primary amides is 1. The summed E-state index contributed by atoms with van der Waals surface area (Å²) in [6.45, 7) is 3.81. The zero-order chi connectivity index (χ0) is 22.0. The minimum absolute atomic E-state index is 0.0107. The fraction of sp³-hybridized carbons (Fsp3) is 0.478. The van der Waals surface area contributed by atoms with Gasteiger partial charge in [0, 0.05) is 38.4 Å². The van der Waals surface area contributed by atoms with Gasteiger partial charge in [-0.15, -0.1) is 0 Å². The van der Waals surface area contributed by atoms with Crippen LogP contribution in [0.1, 0.15) is 59.0 Å². The Morgan fingerprint density at radius 2 is 2.06 bits per heavy atom. The Kier molecular flexibility index (Phi) is 6.00. The van der Waals surface area contributed by atoms with Crippen LogP contribution in [0.2, 0.25) is 0 Å². The fourth-order valence-electron chi connectivity index (χ4n) is 4.73. The van der Waals surface area contributed by atoms with Crippen LogP contribution in [0.3, 0.4) is 0 Å². The number of nitrogens with two attached hydrogens (primary N) is 1. The zero-order valence-corrected chi connectivity index (χ0v) is 17.6. The monoisotopic (exact) mass is 426 g/mol. The van der Waals surface area contributed by atoms with Gasteiger partial charge < -0.3 is 15.4 Å². The number of aromatic nitrogens is 2. The van der Waals surface area contributed by atoms with Crippen LogP contribution < -0.4 is 5.73 Å². The van der Waals surface area contributed by atoms with Crippen molar-refractivity contribution in [3.63, 3.8) is 0 Å². The molecule has 1 aromatic carbocycles. The molecule has 0 radical (unpaired) electrons. The number of carbonyl (C=O) groups excluding carboxylic acids is 2. The largest absolute Gasteiger partial charge is 0.381 e. The second kappa shape index (κ2) is 8.70. The third kappa shape index (κ3) is 4.17. The molecular weight excluding hydrogens is 399 g/mol. The number of aryl methyl sites for hydroxylation is 1. The Morgan fingerprint density at radius 3 is 2.74 bits per heavy atom. The average molecular weight is 426 g/mol. The van der Waals surface area contributed by atoms with Crippen LogP contribution in [0.4, 0.5) is 4.39 Å². The summed E-state index contributed by atoms with van der Waals surface area (Å²) in [4.78, 5) is 36.0. The highest BCUT2D eigenvalue weighted by atomic mass is 19.1. The van der Waals surface area contributed by atoms with E-state index in [2.05, 4.69) is 9.97 Å². The zero-order valence-electron chi connectivity index (χ0n) is 17.6. The molecule has 0 spiro atoms. The maximum atomic E-state index is 14.0. The molecule has 2 aromatic rings. The molecule has 0 saturated carbocycles. The van der Waals surface area contributed by atoms with Gasteiger partial charge in [0.1, 0.15) is 11.6 Å². The molecule has 164 valence electrons. The van der Waals surface area contributed by atoms with E-state index in [0.29, 0.717) is 61.8 Å². The summed E-state index contributed by atoms with van der Waals surface area (Å²) in [6.07, 6.45) is 4.20. The van der Waals surface area contributed by atoms with Crippen LogP contribution in [0, 0.1) is 12.7 Å². The molecule has 2 amide bonds. The van der Waals surface area contributed by atoms with Crippen LogP contribution in [0.5, 0.6) is 0 Å². The van der Waals surface area contributed by atoms with E-state index in [1.807, 2.05) is 11.0 Å². The fourth-order valence-corrected chi connectivity index (χ4v) is 4.73. The van der Waals surface area contributed by atoms with Crippen molar-refractivity contribution in [3.8, 4) is 0 Å². The van der Waals surface area contributed by atoms with Gasteiger partial charge >= 0.3 is 0 Å². The summed E-state index contributed by atoms with van der Waals surface area (Å²) in [7, 11) is 0. The number of piperidine rings is 1. The van der Waals surface area contributed by atoms with Crippen molar-refractivity contribution in [2.24, 2.45) is 5.73 Å². The summed E-state index contributed by atoms with van der Waals surface area (Å²) < 4.78 is 19.5. The highest BCUT2D eigenvalue weighted by Gasteiger charge is 2.45. The highest BCUT2D eigenvalue weighted by Crippen LogP contribution is 2.38. The van der Waals surface area contributed by atoms with Gasteiger partial charge in [-0.1, -0.05) is 12.1 Å². The molecule has 3 heterocycles. The lowest BCUT2D eigenvalue weighted by Gasteiger charge is -2.42. The molecule has 2 N–H and O–H groups in total. The van der Waals surface area contributed by atoms with Crippen molar-refractivity contribution < 1.29 is 18.7 Å². The number of ether oxygens (including phenoxy) is 1. The van der Waals surface area contributed by atoms with Crippen molar-refractivity contribution in [2.75, 3.05) is 26.3 Å². The van der Waals surface area contributed by atoms with Gasteiger partial charge in [0.05, 0.1) is 16.7 Å². The van der Waals surface area contributed by atoms with Gasteiger partial charge in [0.2, 0.25) is 5.91 Å². The summed E-state index contributed by atoms with van der Waals surface area (Å²) in [5.41, 5.74) is 6.13. The number of halogens is 1. The van der Waals surface area contributed by atoms with Crippen LogP contribution in [0.15, 0.2) is 30.5 Å². The van der Waals surface area contributed by atoms with Gasteiger partial charge in [-0.2, -0.15) is 0 Å². The molecule has 7 nitrogen and oxygen atoms in total. The highest BCUT2D eigenvalue weighted by molar-refractivity contribution is 5.93. The molecule has 2 saturated heterocycles. The first-order chi connectivity index (χ1) is 14.9. The van der Waals surface area contributed by atoms with Gasteiger partial charge in [-0.3, -0.25) is 9.59 Å². The number of hydrogen-bond acceptors (Lipinski definition) is 5. The Bertz CT molecular complexity index is 991. The third-order valence-electron chi connectivity index (χ3n) is 6.47. The van der Waals surface area contributed by atoms with E-state index in [1.165, 1.54) is 18.3 Å². The van der Waals surface area contributed by atoms with Crippen molar-refractivity contribution in [2.45, 2.75) is 43.9 Å². The van der Waals surface area contributed by atoms with E-state index in [9.17, 15) is 14.0 Å². The molecule has 0 bridgehead atoms. The molecule has 2 fully saturated rings. The van der Waals surface area contributed by atoms with Crippen LogP contribution in [-0.2, 0) is 14.9 Å². The number of rotatable bonds is 4. The third-order valence-corrected chi connectivity index (χ3v) is 6.47. The second-order valence-corrected chi connectivity index (χ2v) is 8.39. The lowest BCUT2D eigenvalue weighted by Crippen LogP contribution is -2.52. The second-order valence-electron chi connectivity index (χ2n) is 8.39. The smallest absolute Gasteiger partial charge is 0.252 e. The summed E-state index contributed by atoms with van der Waals surface area (Å²) in [5.74, 6) is -0.293. The molecular formula is C23H27FN4O3. The van der Waals surface area contributed by atoms with Crippen molar-refractivity contribution in [1.29, 1.82) is 0 Å². The van der Waals surface area contributed by atoms with Crippen LogP contribution >= 0.6 is 0 Å². The molecule has 4 rings (SSSR count). The van der Waals surface area contributed by atoms with Crippen LogP contribution in [0.25, 0.3) is 0 Å². The molecule has 31 heavy (non-hydrogen) atoms. The van der Waals surface area contributed by atoms with Gasteiger partial charge in [0.25, 0.3) is 5.91 Å². The molecule has 2 aliphatic rings. The molecule has 2 aliphatic heterocycles. The summed E-state index contributed by atoms with van der Waals surface area (Å²) >= 11 is 0. The quantitative estimate of drug-likeness (QED) is 0.810. The Hall–Kier alpha value is -2.87. The van der Waals surface area contributed by atoms with E-state index in [0.717, 1.165) is 12.8 Å². The van der Waals surface area contributed by atoms with E-state index >= 15 is 0 Å². The summed E-state index contributed by atoms with van der Waals surface area (Å²) in [5, 5.41) is 0. The van der Waals surface area contributed by atoms with E-state index in [-0.39, 0.29) is 17.6 Å². The topological polar surface area (TPSA) is 98.4 Å². The summed E-state index contributed by atoms with van der Waals surface area (Å²) in [6, 6.07) is 6.36. The molecule has 1 atom stereocenters. The minimum atomic E-state index is -0.783. The van der Waals surface area contributed by atoms with Crippen molar-refractivity contribution in [1.82, 2.24) is 14.9 Å². The van der Waals surface area contributed by atoms with Crippen molar-refractivity contribution in [3.05, 3.63) is 58.9 Å². The number of likely N-dealkylation sites (tertiary alicyclic amines) is 1. The number of benzene rings is 1. The number of hydrogen-bond donors (Lipinski definition) is 1. The van der Waals surface area contributed by atoms with E-state index in [4.69, 9.17) is 10.5 Å². The number of amides is 2. The predicted octanol–water partition coefficient (Wildman–Crippen LogP) is 2.48. The van der Waals surface area contributed by atoms with E-state index < -0.39 is 11.3 Å². The van der Waals surface area contributed by atoms with Gasteiger partial charge in [-0.05, 0) is 50.3 Å². The lowest BCUT2D eigenvalue weighted by molar-refractivity contribution is -0.142. The predicted molar refractivity (Wildman–Crippen MR) is 112 cm³/mol. The molecule has 1 aromatic heterocycles. The number of carbonyl (C=O) groups is 2.